The average molecular weight is 271 g/mol. The minimum atomic E-state index is -0.0719. The molecule has 2 rings (SSSR count). The van der Waals surface area contributed by atoms with E-state index in [0.29, 0.717) is 21.7 Å². The van der Waals surface area contributed by atoms with E-state index in [4.69, 9.17) is 23.2 Å². The fourth-order valence-electron chi connectivity index (χ4n) is 1.84. The van der Waals surface area contributed by atoms with E-state index >= 15 is 0 Å². The third-order valence-corrected chi connectivity index (χ3v) is 3.05. The molecule has 90 valence electrons. The maximum Gasteiger partial charge on any atom is 0.261 e. The van der Waals surface area contributed by atoms with Gasteiger partial charge in [0.2, 0.25) is 0 Å². The first-order valence-corrected chi connectivity index (χ1v) is 6.22. The Morgan fingerprint density at radius 1 is 1.41 bits per heavy atom. The lowest BCUT2D eigenvalue weighted by Crippen LogP contribution is -2.26. The van der Waals surface area contributed by atoms with Crippen molar-refractivity contribution in [1.82, 2.24) is 9.55 Å². The topological polar surface area (TPSA) is 34.9 Å². The van der Waals surface area contributed by atoms with Crippen LogP contribution in [0.5, 0.6) is 0 Å². The lowest BCUT2D eigenvalue weighted by Gasteiger charge is -2.15. The van der Waals surface area contributed by atoms with E-state index in [2.05, 4.69) is 4.98 Å². The summed E-state index contributed by atoms with van der Waals surface area (Å²) in [6.07, 6.45) is 0. The van der Waals surface area contributed by atoms with Gasteiger partial charge in [0.05, 0.1) is 16.8 Å². The van der Waals surface area contributed by atoms with Crippen LogP contribution in [0.1, 0.15) is 25.7 Å². The second-order valence-electron chi connectivity index (χ2n) is 4.09. The van der Waals surface area contributed by atoms with Gasteiger partial charge >= 0.3 is 0 Å². The summed E-state index contributed by atoms with van der Waals surface area (Å²) in [6.45, 7) is 3.86. The molecule has 1 aromatic heterocycles. The fraction of sp³-hybridized carbons (Fsp3) is 0.333. The van der Waals surface area contributed by atoms with Crippen molar-refractivity contribution >= 4 is 34.1 Å². The number of fused-ring (bicyclic) bond motifs is 1. The monoisotopic (exact) mass is 270 g/mol. The van der Waals surface area contributed by atoms with Crippen LogP contribution in [0.2, 0.25) is 5.02 Å². The smallest absolute Gasteiger partial charge is 0.261 e. The van der Waals surface area contributed by atoms with Gasteiger partial charge in [0, 0.05) is 11.1 Å². The summed E-state index contributed by atoms with van der Waals surface area (Å²) in [7, 11) is 0. The van der Waals surface area contributed by atoms with Gasteiger partial charge in [0.15, 0.2) is 0 Å². The van der Waals surface area contributed by atoms with Crippen molar-refractivity contribution < 1.29 is 0 Å². The lowest BCUT2D eigenvalue weighted by atomic mass is 10.2. The van der Waals surface area contributed by atoms with Crippen molar-refractivity contribution in [2.45, 2.75) is 25.8 Å². The first kappa shape index (κ1) is 12.4. The summed E-state index contributed by atoms with van der Waals surface area (Å²) in [5, 5.41) is 1.13. The van der Waals surface area contributed by atoms with Gasteiger partial charge in [0.1, 0.15) is 5.82 Å². The molecule has 0 aliphatic rings. The van der Waals surface area contributed by atoms with Crippen LogP contribution in [0.4, 0.5) is 0 Å². The Labute approximate surface area is 109 Å². The predicted octanol–water partition coefficient (Wildman–Crippen LogP) is 3.37. The molecule has 1 heterocycles. The van der Waals surface area contributed by atoms with Crippen molar-refractivity contribution in [3.05, 3.63) is 39.4 Å². The molecule has 0 bridgehead atoms. The van der Waals surface area contributed by atoms with E-state index in [1.165, 1.54) is 0 Å². The first-order chi connectivity index (χ1) is 8.04. The Balaban J connectivity index is 2.88. The summed E-state index contributed by atoms with van der Waals surface area (Å²) in [6, 6.07) is 5.10. The highest BCUT2D eigenvalue weighted by Crippen LogP contribution is 2.17. The van der Waals surface area contributed by atoms with E-state index < -0.39 is 0 Å². The van der Waals surface area contributed by atoms with Crippen molar-refractivity contribution in [1.29, 1.82) is 0 Å². The molecule has 3 nitrogen and oxygen atoms in total. The molecule has 0 amide bonds. The van der Waals surface area contributed by atoms with E-state index in [9.17, 15) is 4.79 Å². The highest BCUT2D eigenvalue weighted by atomic mass is 35.5. The minimum absolute atomic E-state index is 0.0313. The van der Waals surface area contributed by atoms with Gasteiger partial charge in [-0.3, -0.25) is 9.36 Å². The van der Waals surface area contributed by atoms with Crippen molar-refractivity contribution in [2.24, 2.45) is 0 Å². The van der Waals surface area contributed by atoms with Crippen LogP contribution in [0, 0.1) is 0 Å². The Bertz CT molecular complexity index is 620. The number of alkyl halides is 1. The number of hydrogen-bond donors (Lipinski definition) is 0. The normalized spacial score (nSPS) is 11.4. The van der Waals surface area contributed by atoms with Gasteiger partial charge in [-0.15, -0.1) is 11.6 Å². The molecule has 2 aromatic rings. The zero-order valence-corrected chi connectivity index (χ0v) is 11.1. The summed E-state index contributed by atoms with van der Waals surface area (Å²) < 4.78 is 1.61. The molecule has 0 radical (unpaired) electrons. The quantitative estimate of drug-likeness (QED) is 0.785. The molecule has 0 unspecified atom stereocenters. The molecular formula is C12H12Cl2N2O. The maximum absolute atomic E-state index is 12.3. The van der Waals surface area contributed by atoms with Crippen LogP contribution in [-0.2, 0) is 5.88 Å². The molecule has 0 aliphatic heterocycles. The molecule has 0 atom stereocenters. The van der Waals surface area contributed by atoms with Crippen molar-refractivity contribution in [3.8, 4) is 0 Å². The Kier molecular flexibility index (Phi) is 3.40. The maximum atomic E-state index is 12.3. The summed E-state index contributed by atoms with van der Waals surface area (Å²) in [4.78, 5) is 16.7. The highest BCUT2D eigenvalue weighted by molar-refractivity contribution is 6.31. The summed E-state index contributed by atoms with van der Waals surface area (Å²) >= 11 is 11.7. The standard InChI is InChI=1S/C12H12Cl2N2O/c1-7(2)16-11(6-13)15-10-5-8(14)3-4-9(10)12(16)17/h3-5,7H,6H2,1-2H3. The van der Waals surface area contributed by atoms with Crippen LogP contribution >= 0.6 is 23.2 Å². The average Bonchev–Trinajstić information content (AvgIpc) is 2.27. The van der Waals surface area contributed by atoms with E-state index in [1.807, 2.05) is 13.8 Å². The SMILES string of the molecule is CC(C)n1c(CCl)nc2cc(Cl)ccc2c1=O. The van der Waals surface area contributed by atoms with Crippen LogP contribution in [0.15, 0.2) is 23.0 Å². The largest absolute Gasteiger partial charge is 0.293 e. The Hall–Kier alpha value is -1.06. The Morgan fingerprint density at radius 2 is 2.12 bits per heavy atom. The number of aromatic nitrogens is 2. The van der Waals surface area contributed by atoms with Gasteiger partial charge in [-0.2, -0.15) is 0 Å². The van der Waals surface area contributed by atoms with Gasteiger partial charge in [-0.1, -0.05) is 11.6 Å². The second-order valence-corrected chi connectivity index (χ2v) is 4.80. The molecule has 0 aliphatic carbocycles. The van der Waals surface area contributed by atoms with Crippen molar-refractivity contribution in [3.63, 3.8) is 0 Å². The molecule has 5 heteroatoms. The highest BCUT2D eigenvalue weighted by Gasteiger charge is 2.12. The zero-order chi connectivity index (χ0) is 12.6. The first-order valence-electron chi connectivity index (χ1n) is 5.31. The molecule has 0 saturated heterocycles. The van der Waals surface area contributed by atoms with E-state index in [0.717, 1.165) is 0 Å². The minimum Gasteiger partial charge on any atom is -0.293 e. The number of halogens is 2. The van der Waals surface area contributed by atoms with Gasteiger partial charge in [-0.25, -0.2) is 4.98 Å². The molecule has 0 saturated carbocycles. The molecule has 1 aromatic carbocycles. The lowest BCUT2D eigenvalue weighted by molar-refractivity contribution is 0.552. The number of nitrogens with zero attached hydrogens (tertiary/aromatic N) is 2. The number of hydrogen-bond acceptors (Lipinski definition) is 2. The van der Waals surface area contributed by atoms with Crippen LogP contribution in [0.3, 0.4) is 0 Å². The molecule has 0 spiro atoms. The van der Waals surface area contributed by atoms with Gasteiger partial charge in [0.25, 0.3) is 5.56 Å². The van der Waals surface area contributed by atoms with E-state index in [-0.39, 0.29) is 17.5 Å². The molecule has 0 N–H and O–H groups in total. The third-order valence-electron chi connectivity index (χ3n) is 2.57. The second kappa shape index (κ2) is 4.67. The number of benzene rings is 1. The molecule has 0 fully saturated rings. The third kappa shape index (κ3) is 2.17. The van der Waals surface area contributed by atoms with Crippen molar-refractivity contribution in [2.75, 3.05) is 0 Å². The molecule has 17 heavy (non-hydrogen) atoms. The number of rotatable bonds is 2. The van der Waals surface area contributed by atoms with Crippen LogP contribution in [0.25, 0.3) is 10.9 Å². The van der Waals surface area contributed by atoms with Gasteiger partial charge < -0.3 is 0 Å². The Morgan fingerprint density at radius 3 is 2.71 bits per heavy atom. The predicted molar refractivity (Wildman–Crippen MR) is 71.0 cm³/mol. The summed E-state index contributed by atoms with van der Waals surface area (Å²) in [5.41, 5.74) is 0.521. The zero-order valence-electron chi connectivity index (χ0n) is 9.58. The summed E-state index contributed by atoms with van der Waals surface area (Å²) in [5.74, 6) is 0.775. The van der Waals surface area contributed by atoms with Gasteiger partial charge in [-0.05, 0) is 32.0 Å². The molecular weight excluding hydrogens is 259 g/mol. The van der Waals surface area contributed by atoms with Crippen LogP contribution in [-0.4, -0.2) is 9.55 Å². The fourth-order valence-corrected chi connectivity index (χ4v) is 2.20. The van der Waals surface area contributed by atoms with E-state index in [1.54, 1.807) is 22.8 Å². The van der Waals surface area contributed by atoms with Crippen LogP contribution < -0.4 is 5.56 Å².